The van der Waals surface area contributed by atoms with Gasteiger partial charge in [-0.05, 0) is 84.5 Å². The van der Waals surface area contributed by atoms with Crippen molar-refractivity contribution in [3.8, 4) is 11.5 Å². The van der Waals surface area contributed by atoms with Gasteiger partial charge in [-0.15, -0.1) is 6.58 Å². The Morgan fingerprint density at radius 2 is 1.78 bits per heavy atom. The van der Waals surface area contributed by atoms with Crippen molar-refractivity contribution in [1.82, 2.24) is 14.9 Å². The number of nitrogens with zero attached hydrogens (tertiary/aromatic N) is 1. The second kappa shape index (κ2) is 13.6. The number of ether oxygens (including phenoxy) is 1. The number of nitrogens with one attached hydrogen (secondary N) is 3. The quantitative estimate of drug-likeness (QED) is 0.155. The Kier molecular flexibility index (Phi) is 9.71. The van der Waals surface area contributed by atoms with E-state index in [0.29, 0.717) is 28.6 Å². The van der Waals surface area contributed by atoms with Crippen LogP contribution in [0.4, 0.5) is 10.1 Å². The molecule has 3 aliphatic rings. The van der Waals surface area contributed by atoms with E-state index in [-0.39, 0.29) is 24.8 Å². The first-order valence-electron chi connectivity index (χ1n) is 16.7. The van der Waals surface area contributed by atoms with Crippen molar-refractivity contribution in [3.05, 3.63) is 101 Å². The third kappa shape index (κ3) is 7.50. The zero-order valence-corrected chi connectivity index (χ0v) is 30.1. The van der Waals surface area contributed by atoms with Crippen LogP contribution in [0.2, 0.25) is 5.02 Å². The lowest BCUT2D eigenvalue weighted by Crippen LogP contribution is -2.61. The van der Waals surface area contributed by atoms with E-state index in [1.54, 1.807) is 53.4 Å². The van der Waals surface area contributed by atoms with Crippen LogP contribution >= 0.6 is 11.6 Å². The van der Waals surface area contributed by atoms with Crippen LogP contribution in [0.3, 0.4) is 0 Å². The van der Waals surface area contributed by atoms with Gasteiger partial charge < -0.3 is 24.8 Å². The van der Waals surface area contributed by atoms with Gasteiger partial charge in [-0.1, -0.05) is 50.6 Å². The van der Waals surface area contributed by atoms with Crippen LogP contribution in [0.15, 0.2) is 79.4 Å². The zero-order valence-electron chi connectivity index (χ0n) is 28.6. The molecule has 12 heteroatoms. The number of rotatable bonds is 11. The Morgan fingerprint density at radius 1 is 1.08 bits per heavy atom. The predicted molar refractivity (Wildman–Crippen MR) is 192 cm³/mol. The van der Waals surface area contributed by atoms with Crippen molar-refractivity contribution in [3.63, 3.8) is 0 Å². The summed E-state index contributed by atoms with van der Waals surface area (Å²) in [6.45, 7) is 11.6. The van der Waals surface area contributed by atoms with E-state index in [9.17, 15) is 23.3 Å². The summed E-state index contributed by atoms with van der Waals surface area (Å²) in [6.07, 6.45) is 3.54. The number of carbonyl (C=O) groups is 3. The lowest BCUT2D eigenvalue weighted by atomic mass is 9.84. The molecule has 2 aliphatic carbocycles. The van der Waals surface area contributed by atoms with Gasteiger partial charge in [-0.3, -0.25) is 14.4 Å². The van der Waals surface area contributed by atoms with Gasteiger partial charge in [0, 0.05) is 42.4 Å². The molecule has 5 atom stereocenters. The molecule has 0 saturated heterocycles. The summed E-state index contributed by atoms with van der Waals surface area (Å²) in [5, 5.41) is 6.77. The topological polar surface area (TPSA) is 123 Å². The minimum atomic E-state index is -1.61. The second-order valence-corrected chi connectivity index (χ2v) is 16.9. The van der Waals surface area contributed by atoms with Crippen LogP contribution < -0.4 is 20.1 Å². The fraction of sp³-hybridized carbons (Fsp3) is 0.395. The highest BCUT2D eigenvalue weighted by Gasteiger charge is 2.63. The van der Waals surface area contributed by atoms with E-state index in [4.69, 9.17) is 16.3 Å². The maximum atomic E-state index is 14.6. The Balaban J connectivity index is 1.31. The molecule has 1 unspecified atom stereocenters. The first-order chi connectivity index (χ1) is 23.6. The molecule has 0 aromatic heterocycles. The van der Waals surface area contributed by atoms with Crippen LogP contribution in [0.25, 0.3) is 0 Å². The highest BCUT2D eigenvalue weighted by atomic mass is 35.5. The summed E-state index contributed by atoms with van der Waals surface area (Å²) >= 11 is 4.55. The standard InChI is InChI=1S/C38H42ClFN4O5S/c1-6-25-21-38(25,35(47)43-50(48)37(5)16-17-37)42-33(45)31-19-24-18-30(49-29-9-7-8-26(39)20-29)15-10-23(24)22-44(31)34(46)32(36(2,3)4)41-28-13-11-27(40)12-14-28/h6-15,18,20,25,31-32,41H,1,16-17,19,21-22H2,2-5H3,(H,42,45)(H,43,47)/t25-,31+,32-,38-,50?/m1/s1. The molecule has 0 bridgehead atoms. The SMILES string of the molecule is C=C[C@@H]1C[C@]1(NC(=O)[C@@H]1Cc2cc(Oc3cccc(Cl)c3)ccc2CN1C(=O)[C@@H](Nc1ccc(F)cc1)C(C)(C)C)C(=O)N[S+]([O-])C1(C)CC1. The van der Waals surface area contributed by atoms with Crippen LogP contribution in [0.1, 0.15) is 58.1 Å². The fourth-order valence-corrected chi connectivity index (χ4v) is 7.53. The third-order valence-electron chi connectivity index (χ3n) is 9.83. The van der Waals surface area contributed by atoms with Gasteiger partial charge in [0.15, 0.2) is 0 Å². The van der Waals surface area contributed by atoms with Crippen molar-refractivity contribution in [2.24, 2.45) is 11.3 Å². The first-order valence-corrected chi connectivity index (χ1v) is 18.2. The molecule has 3 N–H and O–H groups in total. The van der Waals surface area contributed by atoms with Crippen molar-refractivity contribution in [1.29, 1.82) is 0 Å². The summed E-state index contributed by atoms with van der Waals surface area (Å²) in [5.41, 5.74) is 0.259. The number of halogens is 2. The molecule has 50 heavy (non-hydrogen) atoms. The van der Waals surface area contributed by atoms with Crippen LogP contribution in [0.5, 0.6) is 11.5 Å². The number of benzene rings is 3. The zero-order chi connectivity index (χ0) is 36.0. The molecule has 3 aromatic carbocycles. The Labute approximate surface area is 300 Å². The molecule has 264 valence electrons. The Hall–Kier alpha value is -4.06. The van der Waals surface area contributed by atoms with Gasteiger partial charge in [0.2, 0.25) is 11.8 Å². The summed E-state index contributed by atoms with van der Waals surface area (Å²) in [6, 6.07) is 16.5. The van der Waals surface area contributed by atoms with E-state index in [1.165, 1.54) is 12.1 Å². The smallest absolute Gasteiger partial charge is 0.287 e. The van der Waals surface area contributed by atoms with E-state index < -0.39 is 56.8 Å². The minimum absolute atomic E-state index is 0.119. The average Bonchev–Trinajstić information content (AvgIpc) is 3.99. The summed E-state index contributed by atoms with van der Waals surface area (Å²) in [4.78, 5) is 44.2. The highest BCUT2D eigenvalue weighted by molar-refractivity contribution is 7.91. The molecular weight excluding hydrogens is 679 g/mol. The largest absolute Gasteiger partial charge is 0.593 e. The van der Waals surface area contributed by atoms with E-state index in [0.717, 1.165) is 24.0 Å². The maximum absolute atomic E-state index is 14.6. The molecule has 1 heterocycles. The lowest BCUT2D eigenvalue weighted by Gasteiger charge is -2.41. The molecule has 1 aliphatic heterocycles. The number of fused-ring (bicyclic) bond motifs is 1. The maximum Gasteiger partial charge on any atom is 0.287 e. The van der Waals surface area contributed by atoms with Gasteiger partial charge in [0.05, 0.1) is 11.4 Å². The normalized spacial score (nSPS) is 23.1. The Bertz CT molecular complexity index is 1810. The van der Waals surface area contributed by atoms with Gasteiger partial charge in [-0.2, -0.15) is 4.72 Å². The molecule has 3 aromatic rings. The number of hydrogen-bond donors (Lipinski definition) is 3. The first kappa shape index (κ1) is 35.8. The summed E-state index contributed by atoms with van der Waals surface area (Å²) < 4.78 is 34.9. The lowest BCUT2D eigenvalue weighted by molar-refractivity contribution is -0.145. The van der Waals surface area contributed by atoms with Gasteiger partial charge >= 0.3 is 0 Å². The average molecular weight is 721 g/mol. The summed E-state index contributed by atoms with van der Waals surface area (Å²) in [5.74, 6) is -1.05. The number of amides is 3. The van der Waals surface area contributed by atoms with Crippen LogP contribution in [-0.4, -0.2) is 49.5 Å². The predicted octanol–water partition coefficient (Wildman–Crippen LogP) is 6.44. The van der Waals surface area contributed by atoms with Crippen molar-refractivity contribution in [2.75, 3.05) is 5.32 Å². The van der Waals surface area contributed by atoms with Crippen molar-refractivity contribution in [2.45, 2.75) is 82.3 Å². The van der Waals surface area contributed by atoms with Crippen molar-refractivity contribution < 1.29 is 28.1 Å². The van der Waals surface area contributed by atoms with E-state index in [2.05, 4.69) is 21.9 Å². The van der Waals surface area contributed by atoms with Crippen molar-refractivity contribution >= 4 is 46.4 Å². The Morgan fingerprint density at radius 3 is 2.40 bits per heavy atom. The van der Waals surface area contributed by atoms with Gasteiger partial charge in [0.25, 0.3) is 5.91 Å². The van der Waals surface area contributed by atoms with Crippen LogP contribution in [0, 0.1) is 17.2 Å². The second-order valence-electron chi connectivity index (χ2n) is 14.8. The molecule has 0 radical (unpaired) electrons. The fourth-order valence-electron chi connectivity index (χ4n) is 6.28. The molecule has 9 nitrogen and oxygen atoms in total. The van der Waals surface area contributed by atoms with E-state index >= 15 is 0 Å². The molecule has 2 fully saturated rings. The molecule has 2 saturated carbocycles. The van der Waals surface area contributed by atoms with Gasteiger partial charge in [0.1, 0.15) is 39.7 Å². The molecule has 0 spiro atoms. The van der Waals surface area contributed by atoms with Gasteiger partial charge in [-0.25, -0.2) is 4.39 Å². The number of carbonyl (C=O) groups excluding carboxylic acids is 3. The minimum Gasteiger partial charge on any atom is -0.593 e. The highest BCUT2D eigenvalue weighted by Crippen LogP contribution is 2.47. The monoisotopic (exact) mass is 720 g/mol. The van der Waals surface area contributed by atoms with E-state index in [1.807, 2.05) is 39.8 Å². The number of hydrogen-bond acceptors (Lipinski definition) is 6. The third-order valence-corrected chi connectivity index (χ3v) is 11.7. The summed E-state index contributed by atoms with van der Waals surface area (Å²) in [7, 11) is 0. The van der Waals surface area contributed by atoms with Crippen LogP contribution in [-0.2, 0) is 38.7 Å². The molecule has 6 rings (SSSR count). The number of anilines is 1. The molecule has 3 amide bonds. The molecular formula is C38H42ClFN4O5S.